The number of pyridine rings is 1. The summed E-state index contributed by atoms with van der Waals surface area (Å²) in [5, 5.41) is 11.6. The molecule has 1 aromatic heterocycles. The van der Waals surface area contributed by atoms with Crippen molar-refractivity contribution in [2.45, 2.75) is 19.4 Å². The quantitative estimate of drug-likeness (QED) is 0.716. The first-order valence-corrected chi connectivity index (χ1v) is 8.43. The van der Waals surface area contributed by atoms with Crippen LogP contribution in [0.4, 0.5) is 5.69 Å². The number of anilines is 1. The first-order valence-electron chi connectivity index (χ1n) is 8.43. The van der Waals surface area contributed by atoms with Gasteiger partial charge in [-0.25, -0.2) is 4.79 Å². The third-order valence-corrected chi connectivity index (χ3v) is 4.45. The van der Waals surface area contributed by atoms with Crippen molar-refractivity contribution in [2.24, 2.45) is 0 Å². The van der Waals surface area contributed by atoms with Gasteiger partial charge in [-0.1, -0.05) is 12.1 Å². The molecular weight excluding hydrogens is 366 g/mol. The van der Waals surface area contributed by atoms with Crippen molar-refractivity contribution in [3.8, 4) is 11.3 Å². The third kappa shape index (κ3) is 3.83. The van der Waals surface area contributed by atoms with Crippen molar-refractivity contribution in [3.63, 3.8) is 0 Å². The van der Waals surface area contributed by atoms with Crippen LogP contribution in [0.2, 0.25) is 0 Å². The maximum absolute atomic E-state index is 12.4. The van der Waals surface area contributed by atoms with Crippen LogP contribution < -0.4 is 10.9 Å². The number of carboxylic acid groups (broad SMARTS) is 1. The van der Waals surface area contributed by atoms with Crippen molar-refractivity contribution >= 4 is 29.3 Å². The topological polar surface area (TPSA) is 137 Å². The van der Waals surface area contributed by atoms with E-state index >= 15 is 0 Å². The van der Waals surface area contributed by atoms with Gasteiger partial charge in [-0.2, -0.15) is 0 Å². The van der Waals surface area contributed by atoms with Crippen LogP contribution in [0, 0.1) is 0 Å². The van der Waals surface area contributed by atoms with Crippen LogP contribution in [0.5, 0.6) is 0 Å². The second-order valence-corrected chi connectivity index (χ2v) is 6.39. The number of hydrogen-bond donors (Lipinski definition) is 3. The number of hydrogen-bond acceptors (Lipinski definition) is 5. The number of carbonyl (C=O) groups excluding carboxylic acids is 3. The van der Waals surface area contributed by atoms with Gasteiger partial charge in [0.15, 0.2) is 5.78 Å². The highest BCUT2D eigenvalue weighted by atomic mass is 16.4. The molecule has 0 spiro atoms. The lowest BCUT2D eigenvalue weighted by Gasteiger charge is -2.21. The Kier molecular flexibility index (Phi) is 5.08. The van der Waals surface area contributed by atoms with Crippen LogP contribution in [0.15, 0.2) is 41.2 Å². The summed E-state index contributed by atoms with van der Waals surface area (Å²) in [6.45, 7) is 1.25. The van der Waals surface area contributed by atoms with Crippen LogP contribution >= 0.6 is 0 Å². The van der Waals surface area contributed by atoms with Gasteiger partial charge in [0.05, 0.1) is 6.54 Å². The van der Waals surface area contributed by atoms with E-state index < -0.39 is 23.5 Å². The third-order valence-electron chi connectivity index (χ3n) is 4.45. The predicted octanol–water partition coefficient (Wildman–Crippen LogP) is 0.868. The molecule has 144 valence electrons. The minimum Gasteiger partial charge on any atom is -0.477 e. The number of carboxylic acids is 1. The maximum atomic E-state index is 12.4. The van der Waals surface area contributed by atoms with E-state index in [1.807, 2.05) is 0 Å². The fraction of sp³-hybridized carbons (Fsp3) is 0.211. The lowest BCUT2D eigenvalue weighted by atomic mass is 10.1. The lowest BCUT2D eigenvalue weighted by molar-refractivity contribution is -0.135. The zero-order chi connectivity index (χ0) is 20.4. The number of aromatic amines is 1. The molecule has 3 N–H and O–H groups in total. The van der Waals surface area contributed by atoms with E-state index in [0.29, 0.717) is 16.9 Å². The number of H-pyrrole nitrogens is 1. The summed E-state index contributed by atoms with van der Waals surface area (Å²) in [6, 6.07) is 8.36. The van der Waals surface area contributed by atoms with Gasteiger partial charge in [-0.3, -0.25) is 19.2 Å². The zero-order valence-electron chi connectivity index (χ0n) is 14.9. The van der Waals surface area contributed by atoms with Crippen molar-refractivity contribution < 1.29 is 24.3 Å². The first kappa shape index (κ1) is 19.0. The molecule has 0 radical (unpaired) electrons. The number of benzene rings is 1. The minimum absolute atomic E-state index is 0.0132. The van der Waals surface area contributed by atoms with E-state index in [4.69, 9.17) is 5.11 Å². The molecular formula is C19H17N3O6. The number of nitrogens with zero attached hydrogens (tertiary/aromatic N) is 1. The highest BCUT2D eigenvalue weighted by Crippen LogP contribution is 2.21. The molecule has 1 aliphatic heterocycles. The molecule has 0 bridgehead atoms. The van der Waals surface area contributed by atoms with Crippen LogP contribution in [-0.2, 0) is 14.4 Å². The molecule has 1 saturated heterocycles. The number of aromatic nitrogens is 1. The van der Waals surface area contributed by atoms with E-state index in [1.54, 1.807) is 24.3 Å². The number of nitrogens with one attached hydrogen (secondary N) is 2. The van der Waals surface area contributed by atoms with E-state index in [-0.39, 0.29) is 30.2 Å². The fourth-order valence-corrected chi connectivity index (χ4v) is 3.02. The maximum Gasteiger partial charge on any atom is 0.341 e. The monoisotopic (exact) mass is 383 g/mol. The van der Waals surface area contributed by atoms with Gasteiger partial charge in [-0.05, 0) is 29.8 Å². The van der Waals surface area contributed by atoms with Crippen LogP contribution in [0.3, 0.4) is 0 Å². The fourth-order valence-electron chi connectivity index (χ4n) is 3.02. The van der Waals surface area contributed by atoms with E-state index in [2.05, 4.69) is 10.3 Å². The lowest BCUT2D eigenvalue weighted by Crippen LogP contribution is -2.42. The minimum atomic E-state index is -1.31. The summed E-state index contributed by atoms with van der Waals surface area (Å²) < 4.78 is 0. The number of aromatic carboxylic acids is 1. The van der Waals surface area contributed by atoms with Crippen molar-refractivity contribution in [1.29, 1.82) is 0 Å². The molecule has 0 saturated carbocycles. The standard InChI is InChI=1S/C19H17N3O6/c1-10(23)22-9-13(24)8-16(22)18(26)20-12-4-2-11(3-5-12)15-7-6-14(19(27)28)17(25)21-15/h2-7,16H,8-9H2,1H3,(H,20,26)(H,21,25)(H,27,28)/t16-/m0/s1. The average Bonchev–Trinajstić information content (AvgIpc) is 3.04. The highest BCUT2D eigenvalue weighted by molar-refractivity contribution is 6.03. The number of rotatable bonds is 4. The Balaban J connectivity index is 1.74. The molecule has 9 heteroatoms. The normalized spacial score (nSPS) is 16.1. The number of amides is 2. The zero-order valence-corrected chi connectivity index (χ0v) is 14.9. The first-order chi connectivity index (χ1) is 13.3. The molecule has 1 aliphatic rings. The molecule has 0 aliphatic carbocycles. The van der Waals surface area contributed by atoms with Gasteiger partial charge >= 0.3 is 5.97 Å². The Morgan fingerprint density at radius 3 is 2.36 bits per heavy atom. The van der Waals surface area contributed by atoms with Crippen molar-refractivity contribution in [3.05, 3.63) is 52.3 Å². The summed E-state index contributed by atoms with van der Waals surface area (Å²) in [5.41, 5.74) is 0.443. The second kappa shape index (κ2) is 7.47. The molecule has 9 nitrogen and oxygen atoms in total. The van der Waals surface area contributed by atoms with Crippen molar-refractivity contribution in [2.75, 3.05) is 11.9 Å². The molecule has 28 heavy (non-hydrogen) atoms. The number of carbonyl (C=O) groups is 4. The summed E-state index contributed by atoms with van der Waals surface area (Å²) in [7, 11) is 0. The van der Waals surface area contributed by atoms with E-state index in [0.717, 1.165) is 0 Å². The molecule has 3 rings (SSSR count). The number of ketones is 1. The Labute approximate surface area is 159 Å². The van der Waals surface area contributed by atoms with Crippen LogP contribution in [0.1, 0.15) is 23.7 Å². The Bertz CT molecular complexity index is 1020. The SMILES string of the molecule is CC(=O)N1CC(=O)C[C@H]1C(=O)Nc1ccc(-c2ccc(C(=O)O)c(=O)[nH]2)cc1. The molecule has 0 unspecified atom stereocenters. The molecule has 2 aromatic rings. The Morgan fingerprint density at radius 1 is 1.11 bits per heavy atom. The van der Waals surface area contributed by atoms with Crippen molar-refractivity contribution in [1.82, 2.24) is 9.88 Å². The van der Waals surface area contributed by atoms with Crippen LogP contribution in [0.25, 0.3) is 11.3 Å². The summed E-state index contributed by atoms with van der Waals surface area (Å²) in [5.74, 6) is -2.27. The van der Waals surface area contributed by atoms with Gasteiger partial charge < -0.3 is 20.3 Å². The molecule has 2 heterocycles. The number of Topliss-reactive ketones (excluding diaryl/α,β-unsaturated/α-hetero) is 1. The second-order valence-electron chi connectivity index (χ2n) is 6.39. The van der Waals surface area contributed by atoms with Gasteiger partial charge in [0.25, 0.3) is 5.56 Å². The predicted molar refractivity (Wildman–Crippen MR) is 98.9 cm³/mol. The summed E-state index contributed by atoms with van der Waals surface area (Å²) in [4.78, 5) is 62.0. The number of likely N-dealkylation sites (tertiary alicyclic amines) is 1. The van der Waals surface area contributed by atoms with Gasteiger partial charge in [0.2, 0.25) is 11.8 Å². The summed E-state index contributed by atoms with van der Waals surface area (Å²) >= 11 is 0. The molecule has 1 fully saturated rings. The van der Waals surface area contributed by atoms with Gasteiger partial charge in [-0.15, -0.1) is 0 Å². The Morgan fingerprint density at radius 2 is 1.79 bits per heavy atom. The molecule has 2 amide bonds. The van der Waals surface area contributed by atoms with E-state index in [9.17, 15) is 24.0 Å². The van der Waals surface area contributed by atoms with E-state index in [1.165, 1.54) is 24.0 Å². The Hall–Kier alpha value is -3.75. The molecule has 1 atom stereocenters. The van der Waals surface area contributed by atoms with Crippen LogP contribution in [-0.4, -0.2) is 51.1 Å². The highest BCUT2D eigenvalue weighted by Gasteiger charge is 2.37. The van der Waals surface area contributed by atoms with Gasteiger partial charge in [0, 0.05) is 24.7 Å². The van der Waals surface area contributed by atoms with Gasteiger partial charge in [0.1, 0.15) is 11.6 Å². The smallest absolute Gasteiger partial charge is 0.341 e. The largest absolute Gasteiger partial charge is 0.477 e. The molecule has 1 aromatic carbocycles. The average molecular weight is 383 g/mol. The summed E-state index contributed by atoms with van der Waals surface area (Å²) in [6.07, 6.45) is -0.0132.